The summed E-state index contributed by atoms with van der Waals surface area (Å²) in [6.07, 6.45) is 14.7. The molecule has 0 bridgehead atoms. The zero-order chi connectivity index (χ0) is 27.9. The van der Waals surface area contributed by atoms with Gasteiger partial charge in [-0.1, -0.05) is 48.6 Å². The van der Waals surface area contributed by atoms with Crippen molar-refractivity contribution >= 4 is 29.0 Å². The molecule has 2 atom stereocenters. The highest BCUT2D eigenvalue weighted by Gasteiger charge is 2.31. The molecule has 0 aromatic heterocycles. The SMILES string of the molecule is O=C(O)CC1CCC(c2ccc(C3=NC=C(C4=NC5C=C(c6cccc7c6CNC7=O)C=CC5N4)CC3)cc2)CC1. The van der Waals surface area contributed by atoms with E-state index in [4.69, 9.17) is 15.1 Å². The molecule has 1 fully saturated rings. The second-order valence-corrected chi connectivity index (χ2v) is 11.8. The van der Waals surface area contributed by atoms with Gasteiger partial charge in [-0.15, -0.1) is 0 Å². The van der Waals surface area contributed by atoms with Crippen molar-refractivity contribution in [3.8, 4) is 0 Å². The smallest absolute Gasteiger partial charge is 0.303 e. The Morgan fingerprint density at radius 2 is 1.80 bits per heavy atom. The Bertz CT molecular complexity index is 1550. The Balaban J connectivity index is 1.02. The van der Waals surface area contributed by atoms with Crippen molar-refractivity contribution in [3.63, 3.8) is 0 Å². The van der Waals surface area contributed by atoms with Crippen LogP contribution in [0.3, 0.4) is 0 Å². The fourth-order valence-electron chi connectivity index (χ4n) is 6.97. The van der Waals surface area contributed by atoms with E-state index in [9.17, 15) is 9.59 Å². The van der Waals surface area contributed by atoms with Gasteiger partial charge in [0, 0.05) is 36.0 Å². The van der Waals surface area contributed by atoms with E-state index in [0.29, 0.717) is 24.8 Å². The molecule has 7 nitrogen and oxygen atoms in total. The number of carboxylic acids is 1. The summed E-state index contributed by atoms with van der Waals surface area (Å²) in [6, 6.07) is 14.9. The molecule has 2 aliphatic carbocycles. The van der Waals surface area contributed by atoms with Crippen molar-refractivity contribution in [2.45, 2.75) is 69.5 Å². The van der Waals surface area contributed by atoms with Gasteiger partial charge >= 0.3 is 5.97 Å². The van der Waals surface area contributed by atoms with Gasteiger partial charge in [0.05, 0.1) is 12.1 Å². The number of aliphatic imine (C=N–C) groups is 2. The predicted molar refractivity (Wildman–Crippen MR) is 160 cm³/mol. The maximum Gasteiger partial charge on any atom is 0.303 e. The predicted octanol–water partition coefficient (Wildman–Crippen LogP) is 5.54. The van der Waals surface area contributed by atoms with E-state index in [1.165, 1.54) is 5.56 Å². The number of nitrogens with one attached hydrogen (secondary N) is 2. The molecule has 208 valence electrons. The molecule has 7 rings (SSSR count). The Morgan fingerprint density at radius 1 is 1.00 bits per heavy atom. The van der Waals surface area contributed by atoms with Gasteiger partial charge in [-0.3, -0.25) is 19.6 Å². The third-order valence-electron chi connectivity index (χ3n) is 9.28. The van der Waals surface area contributed by atoms with Crippen LogP contribution in [0.15, 0.2) is 82.5 Å². The number of amides is 1. The van der Waals surface area contributed by atoms with E-state index in [1.54, 1.807) is 0 Å². The Hall–Kier alpha value is -4.26. The average Bonchev–Trinajstić information content (AvgIpc) is 3.61. The summed E-state index contributed by atoms with van der Waals surface area (Å²) in [4.78, 5) is 33.0. The van der Waals surface area contributed by atoms with Crippen LogP contribution in [-0.2, 0) is 11.3 Å². The number of nitrogens with zero attached hydrogens (tertiary/aromatic N) is 2. The molecule has 0 saturated heterocycles. The quantitative estimate of drug-likeness (QED) is 0.443. The first kappa shape index (κ1) is 25.7. The molecule has 5 aliphatic rings. The van der Waals surface area contributed by atoms with Gasteiger partial charge in [-0.2, -0.15) is 0 Å². The maximum atomic E-state index is 12.1. The highest BCUT2D eigenvalue weighted by molar-refractivity contribution is 6.06. The van der Waals surface area contributed by atoms with Crippen LogP contribution in [0.1, 0.15) is 83.5 Å². The summed E-state index contributed by atoms with van der Waals surface area (Å²) in [7, 11) is 0. The van der Waals surface area contributed by atoms with Crippen molar-refractivity contribution in [1.82, 2.24) is 10.6 Å². The number of hydrogen-bond acceptors (Lipinski definition) is 5. The van der Waals surface area contributed by atoms with Crippen LogP contribution in [0.2, 0.25) is 0 Å². The summed E-state index contributed by atoms with van der Waals surface area (Å²) < 4.78 is 0. The van der Waals surface area contributed by atoms with Crippen molar-refractivity contribution in [3.05, 3.63) is 100 Å². The first-order chi connectivity index (χ1) is 20.0. The minimum Gasteiger partial charge on any atom is -0.481 e. The first-order valence-corrected chi connectivity index (χ1v) is 14.7. The van der Waals surface area contributed by atoms with E-state index in [0.717, 1.165) is 83.5 Å². The maximum absolute atomic E-state index is 12.1. The number of carboxylic acid groups (broad SMARTS) is 1. The third kappa shape index (κ3) is 5.05. The normalized spacial score (nSPS) is 26.6. The molecule has 0 spiro atoms. The minimum atomic E-state index is -0.677. The van der Waals surface area contributed by atoms with Gasteiger partial charge in [-0.25, -0.2) is 0 Å². The summed E-state index contributed by atoms with van der Waals surface area (Å²) in [5, 5.41) is 15.6. The number of fused-ring (bicyclic) bond motifs is 2. The lowest BCUT2D eigenvalue weighted by molar-refractivity contribution is -0.138. The number of benzene rings is 2. The number of amidine groups is 1. The van der Waals surface area contributed by atoms with Crippen LogP contribution in [-0.4, -0.2) is 40.6 Å². The van der Waals surface area contributed by atoms with E-state index in [1.807, 2.05) is 18.3 Å². The highest BCUT2D eigenvalue weighted by Crippen LogP contribution is 2.37. The molecule has 41 heavy (non-hydrogen) atoms. The van der Waals surface area contributed by atoms with Crippen LogP contribution in [0.4, 0.5) is 0 Å². The molecule has 2 aromatic carbocycles. The Kier molecular flexibility index (Phi) is 6.65. The van der Waals surface area contributed by atoms with Gasteiger partial charge in [0.1, 0.15) is 5.84 Å². The molecule has 1 amide bonds. The van der Waals surface area contributed by atoms with Crippen LogP contribution in [0, 0.1) is 5.92 Å². The fraction of sp³-hybridized carbons (Fsp3) is 0.353. The van der Waals surface area contributed by atoms with Gasteiger partial charge < -0.3 is 15.7 Å². The third-order valence-corrected chi connectivity index (χ3v) is 9.28. The number of carbonyl (C=O) groups is 2. The van der Waals surface area contributed by atoms with Crippen LogP contribution < -0.4 is 10.6 Å². The average molecular weight is 547 g/mol. The first-order valence-electron chi connectivity index (χ1n) is 14.7. The molecular weight excluding hydrogens is 512 g/mol. The van der Waals surface area contributed by atoms with E-state index < -0.39 is 5.97 Å². The Morgan fingerprint density at radius 3 is 2.56 bits per heavy atom. The summed E-state index contributed by atoms with van der Waals surface area (Å²) in [5.74, 6) is 1.10. The van der Waals surface area contributed by atoms with Gasteiger partial charge in [-0.05, 0) is 90.3 Å². The van der Waals surface area contributed by atoms with Crippen LogP contribution in [0.25, 0.3) is 5.57 Å². The van der Waals surface area contributed by atoms with E-state index in [2.05, 4.69) is 59.2 Å². The number of hydrogen-bond donors (Lipinski definition) is 3. The number of rotatable bonds is 6. The van der Waals surface area contributed by atoms with Gasteiger partial charge in [0.25, 0.3) is 5.91 Å². The molecule has 1 saturated carbocycles. The molecule has 3 N–H and O–H groups in total. The topological polar surface area (TPSA) is 103 Å². The Labute approximate surface area is 239 Å². The molecule has 2 aromatic rings. The fourth-order valence-corrected chi connectivity index (χ4v) is 6.97. The zero-order valence-corrected chi connectivity index (χ0v) is 23.0. The van der Waals surface area contributed by atoms with Crippen molar-refractivity contribution in [2.24, 2.45) is 15.9 Å². The second kappa shape index (κ2) is 10.6. The zero-order valence-electron chi connectivity index (χ0n) is 23.0. The van der Waals surface area contributed by atoms with Crippen LogP contribution in [0.5, 0.6) is 0 Å². The second-order valence-electron chi connectivity index (χ2n) is 11.8. The largest absolute Gasteiger partial charge is 0.481 e. The van der Waals surface area contributed by atoms with E-state index >= 15 is 0 Å². The highest BCUT2D eigenvalue weighted by atomic mass is 16.4. The monoisotopic (exact) mass is 546 g/mol. The standard InChI is InChI=1S/C34H34N4O3/c39-32(40)16-20-4-6-21(7-5-20)22-8-10-23(11-9-22)29-14-13-25(18-35-29)33-37-30-15-12-24(17-31(30)38-33)26-2-1-3-27-28(26)19-36-34(27)41/h1-3,8-12,15,17-18,20-21,30-31H,4-7,13-14,16,19H2,(H,36,41)(H,37,38)(H,39,40). The van der Waals surface area contributed by atoms with E-state index in [-0.39, 0.29) is 18.0 Å². The lowest BCUT2D eigenvalue weighted by Crippen LogP contribution is -2.34. The number of carbonyl (C=O) groups excluding carboxylic acids is 1. The van der Waals surface area contributed by atoms with Crippen molar-refractivity contribution < 1.29 is 14.7 Å². The van der Waals surface area contributed by atoms with Gasteiger partial charge in [0.2, 0.25) is 0 Å². The van der Waals surface area contributed by atoms with Gasteiger partial charge in [0.15, 0.2) is 0 Å². The lowest BCUT2D eigenvalue weighted by atomic mass is 9.77. The molecule has 7 heteroatoms. The summed E-state index contributed by atoms with van der Waals surface area (Å²) >= 11 is 0. The minimum absolute atomic E-state index is 0.0000599. The lowest BCUT2D eigenvalue weighted by Gasteiger charge is -2.28. The number of aliphatic carboxylic acids is 1. The molecule has 2 unspecified atom stereocenters. The number of allylic oxidation sites excluding steroid dienone is 2. The summed E-state index contributed by atoms with van der Waals surface area (Å²) in [5.41, 5.74) is 8.80. The van der Waals surface area contributed by atoms with Crippen molar-refractivity contribution in [2.75, 3.05) is 0 Å². The molecule has 0 radical (unpaired) electrons. The van der Waals surface area contributed by atoms with Crippen LogP contribution >= 0.6 is 0 Å². The molecule has 3 heterocycles. The molecular formula is C34H34N4O3. The van der Waals surface area contributed by atoms with Crippen molar-refractivity contribution in [1.29, 1.82) is 0 Å². The molecule has 3 aliphatic heterocycles. The summed E-state index contributed by atoms with van der Waals surface area (Å²) in [6.45, 7) is 0.571.